The average Bonchev–Trinajstić information content (AvgIpc) is 3.00. The molecule has 88 valence electrons. The summed E-state index contributed by atoms with van der Waals surface area (Å²) in [6.45, 7) is 1.02. The molecule has 6 nitrogen and oxygen atoms in total. The summed E-state index contributed by atoms with van der Waals surface area (Å²) in [6.07, 6.45) is 2.46. The number of carbonyl (C=O) groups is 3. The highest BCUT2D eigenvalue weighted by atomic mass is 16.2. The predicted octanol–water partition coefficient (Wildman–Crippen LogP) is -1.53. The number of piperazine rings is 1. The first-order valence-corrected chi connectivity index (χ1v) is 5.46. The van der Waals surface area contributed by atoms with Gasteiger partial charge in [0.25, 0.3) is 0 Å². The monoisotopic (exact) mass is 225 g/mol. The van der Waals surface area contributed by atoms with Gasteiger partial charge in [0.1, 0.15) is 13.1 Å². The molecule has 0 aromatic rings. The van der Waals surface area contributed by atoms with Gasteiger partial charge >= 0.3 is 0 Å². The van der Waals surface area contributed by atoms with Crippen LogP contribution in [0.15, 0.2) is 0 Å². The minimum absolute atomic E-state index is 0.0182. The fourth-order valence-electron chi connectivity index (χ4n) is 1.63. The molecule has 0 spiro atoms. The van der Waals surface area contributed by atoms with E-state index in [0.29, 0.717) is 5.92 Å². The lowest BCUT2D eigenvalue weighted by Crippen LogP contribution is -2.54. The molecule has 2 N–H and O–H groups in total. The van der Waals surface area contributed by atoms with E-state index < -0.39 is 11.8 Å². The third-order valence-corrected chi connectivity index (χ3v) is 2.71. The van der Waals surface area contributed by atoms with Gasteiger partial charge in [-0.1, -0.05) is 0 Å². The van der Waals surface area contributed by atoms with Crippen LogP contribution in [0, 0.1) is 5.92 Å². The zero-order chi connectivity index (χ0) is 11.5. The van der Waals surface area contributed by atoms with Crippen molar-refractivity contribution < 1.29 is 14.4 Å². The molecule has 1 aliphatic heterocycles. The van der Waals surface area contributed by atoms with Gasteiger partial charge in [0.2, 0.25) is 17.7 Å². The van der Waals surface area contributed by atoms with Crippen LogP contribution < -0.4 is 10.6 Å². The third-order valence-electron chi connectivity index (χ3n) is 2.71. The molecule has 0 aromatic heterocycles. The molecule has 1 saturated carbocycles. The second kappa shape index (κ2) is 4.61. The molecule has 2 fully saturated rings. The normalized spacial score (nSPS) is 20.9. The molecule has 0 unspecified atom stereocenters. The average molecular weight is 225 g/mol. The maximum Gasteiger partial charge on any atom is 0.246 e. The van der Waals surface area contributed by atoms with Crippen LogP contribution in [0.25, 0.3) is 0 Å². The smallest absolute Gasteiger partial charge is 0.246 e. The number of imide groups is 1. The Morgan fingerprint density at radius 3 is 2.50 bits per heavy atom. The van der Waals surface area contributed by atoms with Gasteiger partial charge in [-0.05, 0) is 25.3 Å². The number of amides is 3. The summed E-state index contributed by atoms with van der Waals surface area (Å²) in [4.78, 5) is 35.0. The Kier molecular flexibility index (Phi) is 3.19. The Morgan fingerprint density at radius 1 is 1.31 bits per heavy atom. The first-order chi connectivity index (χ1) is 7.65. The van der Waals surface area contributed by atoms with E-state index in [4.69, 9.17) is 0 Å². The van der Waals surface area contributed by atoms with Crippen LogP contribution >= 0.6 is 0 Å². The summed E-state index contributed by atoms with van der Waals surface area (Å²) < 4.78 is 0. The van der Waals surface area contributed by atoms with Crippen molar-refractivity contribution in [2.45, 2.75) is 12.8 Å². The number of hydrogen-bond acceptors (Lipinski definition) is 4. The summed E-state index contributed by atoms with van der Waals surface area (Å²) in [7, 11) is 0. The van der Waals surface area contributed by atoms with Crippen LogP contribution in [0.2, 0.25) is 0 Å². The van der Waals surface area contributed by atoms with Crippen LogP contribution in [0.5, 0.6) is 0 Å². The van der Waals surface area contributed by atoms with E-state index in [0.717, 1.165) is 6.54 Å². The number of rotatable bonds is 4. The lowest BCUT2D eigenvalue weighted by molar-refractivity contribution is -0.144. The largest absolute Gasteiger partial charge is 0.323 e. The molecule has 0 bridgehead atoms. The van der Waals surface area contributed by atoms with Crippen LogP contribution in [0.3, 0.4) is 0 Å². The molecule has 16 heavy (non-hydrogen) atoms. The molecule has 2 rings (SSSR count). The molecular formula is C10H15N3O3. The Morgan fingerprint density at radius 2 is 1.94 bits per heavy atom. The fourth-order valence-corrected chi connectivity index (χ4v) is 1.63. The standard InChI is InChI=1S/C10H15N3O3/c14-8-5-13(6-9(15)12-8)10(16)4-11-3-7-1-2-7/h7,11H,1-6H2,(H,12,14,15). The zero-order valence-corrected chi connectivity index (χ0v) is 8.99. The van der Waals surface area contributed by atoms with Crippen molar-refractivity contribution in [2.75, 3.05) is 26.2 Å². The number of carbonyl (C=O) groups excluding carboxylic acids is 3. The summed E-state index contributed by atoms with van der Waals surface area (Å²) in [5.41, 5.74) is 0. The highest BCUT2D eigenvalue weighted by molar-refractivity contribution is 6.02. The zero-order valence-electron chi connectivity index (χ0n) is 8.99. The minimum Gasteiger partial charge on any atom is -0.323 e. The minimum atomic E-state index is -0.410. The number of hydrogen-bond donors (Lipinski definition) is 2. The van der Waals surface area contributed by atoms with Crippen LogP contribution in [0.4, 0.5) is 0 Å². The van der Waals surface area contributed by atoms with Gasteiger partial charge in [0.15, 0.2) is 0 Å². The van der Waals surface area contributed by atoms with E-state index >= 15 is 0 Å². The quantitative estimate of drug-likeness (QED) is 0.569. The van der Waals surface area contributed by atoms with Gasteiger partial charge in [-0.2, -0.15) is 0 Å². The molecule has 0 atom stereocenters. The maximum absolute atomic E-state index is 11.6. The van der Waals surface area contributed by atoms with Crippen molar-refractivity contribution in [3.8, 4) is 0 Å². The van der Waals surface area contributed by atoms with Crippen molar-refractivity contribution >= 4 is 17.7 Å². The summed E-state index contributed by atoms with van der Waals surface area (Å²) in [5, 5.41) is 5.20. The van der Waals surface area contributed by atoms with Crippen molar-refractivity contribution in [1.82, 2.24) is 15.5 Å². The van der Waals surface area contributed by atoms with Crippen molar-refractivity contribution in [3.63, 3.8) is 0 Å². The number of nitrogens with one attached hydrogen (secondary N) is 2. The molecule has 1 saturated heterocycles. The molecule has 0 aromatic carbocycles. The lowest BCUT2D eigenvalue weighted by atomic mass is 10.3. The van der Waals surface area contributed by atoms with E-state index in [1.165, 1.54) is 17.7 Å². The van der Waals surface area contributed by atoms with Gasteiger partial charge in [0.05, 0.1) is 6.54 Å². The summed E-state index contributed by atoms with van der Waals surface area (Å²) in [6, 6.07) is 0. The lowest BCUT2D eigenvalue weighted by Gasteiger charge is -2.25. The van der Waals surface area contributed by atoms with Gasteiger partial charge in [-0.15, -0.1) is 0 Å². The van der Waals surface area contributed by atoms with E-state index in [2.05, 4.69) is 10.6 Å². The molecule has 1 heterocycles. The second-order valence-corrected chi connectivity index (χ2v) is 4.30. The van der Waals surface area contributed by atoms with Gasteiger partial charge < -0.3 is 10.2 Å². The SMILES string of the molecule is O=C1CN(C(=O)CNCC2CC2)CC(=O)N1. The van der Waals surface area contributed by atoms with Gasteiger partial charge in [-0.3, -0.25) is 19.7 Å². The molecule has 0 radical (unpaired) electrons. The molecular weight excluding hydrogens is 210 g/mol. The van der Waals surface area contributed by atoms with E-state index in [9.17, 15) is 14.4 Å². The first-order valence-electron chi connectivity index (χ1n) is 5.46. The Hall–Kier alpha value is -1.43. The Balaban J connectivity index is 1.74. The Bertz CT molecular complexity index is 309. The molecule has 1 aliphatic carbocycles. The maximum atomic E-state index is 11.6. The van der Waals surface area contributed by atoms with Gasteiger partial charge in [-0.25, -0.2) is 0 Å². The topological polar surface area (TPSA) is 78.5 Å². The number of nitrogens with zero attached hydrogens (tertiary/aromatic N) is 1. The van der Waals surface area contributed by atoms with Crippen LogP contribution in [0.1, 0.15) is 12.8 Å². The van der Waals surface area contributed by atoms with Crippen molar-refractivity contribution in [2.24, 2.45) is 5.92 Å². The highest BCUT2D eigenvalue weighted by Crippen LogP contribution is 2.27. The summed E-state index contributed by atoms with van der Waals surface area (Å²) >= 11 is 0. The fraction of sp³-hybridized carbons (Fsp3) is 0.700. The van der Waals surface area contributed by atoms with Gasteiger partial charge in [0, 0.05) is 0 Å². The molecule has 6 heteroatoms. The predicted molar refractivity (Wildman–Crippen MR) is 55.3 cm³/mol. The second-order valence-electron chi connectivity index (χ2n) is 4.30. The highest BCUT2D eigenvalue weighted by Gasteiger charge is 2.26. The van der Waals surface area contributed by atoms with Crippen LogP contribution in [-0.2, 0) is 14.4 Å². The van der Waals surface area contributed by atoms with Crippen molar-refractivity contribution in [1.29, 1.82) is 0 Å². The Labute approximate surface area is 93.4 Å². The van der Waals surface area contributed by atoms with E-state index in [-0.39, 0.29) is 25.5 Å². The molecule has 2 aliphatic rings. The van der Waals surface area contributed by atoms with Crippen LogP contribution in [-0.4, -0.2) is 48.8 Å². The summed E-state index contributed by atoms with van der Waals surface area (Å²) in [5.74, 6) is -0.304. The van der Waals surface area contributed by atoms with Crippen molar-refractivity contribution in [3.05, 3.63) is 0 Å². The first kappa shape index (κ1) is 11.1. The molecule has 3 amide bonds. The van der Waals surface area contributed by atoms with E-state index in [1.807, 2.05) is 0 Å². The third kappa shape index (κ3) is 3.03. The van der Waals surface area contributed by atoms with E-state index in [1.54, 1.807) is 0 Å².